The largest absolute Gasteiger partial charge is 0.351 e. The summed E-state index contributed by atoms with van der Waals surface area (Å²) in [6, 6.07) is 13.8. The summed E-state index contributed by atoms with van der Waals surface area (Å²) in [6.45, 7) is 4.96. The highest BCUT2D eigenvalue weighted by atomic mass is 19.1. The van der Waals surface area contributed by atoms with Gasteiger partial charge in [0.2, 0.25) is 11.8 Å². The van der Waals surface area contributed by atoms with Gasteiger partial charge in [-0.25, -0.2) is 4.39 Å². The molecular weight excluding hydrogens is 393 g/mol. The topological polar surface area (TPSA) is 52.7 Å². The van der Waals surface area contributed by atoms with Crippen LogP contribution in [0.4, 0.5) is 4.39 Å². The Balaban J connectivity index is 1.46. The second-order valence-corrected chi connectivity index (χ2v) is 8.73. The van der Waals surface area contributed by atoms with Gasteiger partial charge in [0.05, 0.1) is 6.54 Å². The quantitative estimate of drug-likeness (QED) is 0.803. The molecule has 2 aliphatic heterocycles. The summed E-state index contributed by atoms with van der Waals surface area (Å²) in [5.41, 5.74) is 3.05. The van der Waals surface area contributed by atoms with Crippen molar-refractivity contribution in [2.75, 3.05) is 26.2 Å². The molecule has 31 heavy (non-hydrogen) atoms. The fraction of sp³-hybridized carbons (Fsp3) is 0.440. The molecule has 2 aromatic carbocycles. The molecule has 5 nitrogen and oxygen atoms in total. The maximum Gasteiger partial charge on any atom is 0.244 e. The number of amides is 2. The molecule has 1 atom stereocenters. The van der Waals surface area contributed by atoms with Gasteiger partial charge in [0.1, 0.15) is 11.9 Å². The summed E-state index contributed by atoms with van der Waals surface area (Å²) in [7, 11) is 0. The molecule has 164 valence electrons. The normalized spacial score (nSPS) is 19.7. The predicted octanol–water partition coefficient (Wildman–Crippen LogP) is 3.30. The third-order valence-corrected chi connectivity index (χ3v) is 6.46. The van der Waals surface area contributed by atoms with E-state index in [1.807, 2.05) is 28.0 Å². The monoisotopic (exact) mass is 423 g/mol. The van der Waals surface area contributed by atoms with Crippen molar-refractivity contribution in [1.29, 1.82) is 0 Å². The molecule has 1 fully saturated rings. The first-order valence-corrected chi connectivity index (χ1v) is 11.1. The Hall–Kier alpha value is -2.73. The van der Waals surface area contributed by atoms with Crippen molar-refractivity contribution in [1.82, 2.24) is 15.1 Å². The van der Waals surface area contributed by atoms with E-state index < -0.39 is 6.04 Å². The molecule has 1 saturated heterocycles. The number of rotatable bonds is 5. The van der Waals surface area contributed by atoms with Crippen molar-refractivity contribution in [3.63, 3.8) is 0 Å². The first-order valence-electron chi connectivity index (χ1n) is 11.1. The number of piperidine rings is 1. The molecule has 2 amide bonds. The molecule has 0 bridgehead atoms. The average Bonchev–Trinajstić information content (AvgIpc) is 2.78. The third-order valence-electron chi connectivity index (χ3n) is 6.46. The number of carbonyl (C=O) groups excluding carboxylic acids is 2. The van der Waals surface area contributed by atoms with Crippen LogP contribution < -0.4 is 5.32 Å². The van der Waals surface area contributed by atoms with Crippen molar-refractivity contribution < 1.29 is 14.0 Å². The fourth-order valence-electron chi connectivity index (χ4n) is 4.52. The molecule has 0 radical (unpaired) electrons. The zero-order valence-electron chi connectivity index (χ0n) is 18.0. The van der Waals surface area contributed by atoms with Crippen LogP contribution in [0, 0.1) is 11.7 Å². The molecule has 0 spiro atoms. The average molecular weight is 424 g/mol. The lowest BCUT2D eigenvalue weighted by Gasteiger charge is -2.40. The highest BCUT2D eigenvalue weighted by Gasteiger charge is 2.37. The lowest BCUT2D eigenvalue weighted by molar-refractivity contribution is -0.140. The number of hydrogen-bond donors (Lipinski definition) is 1. The van der Waals surface area contributed by atoms with E-state index in [0.29, 0.717) is 19.0 Å². The van der Waals surface area contributed by atoms with Crippen LogP contribution in [0.2, 0.25) is 0 Å². The summed E-state index contributed by atoms with van der Waals surface area (Å²) in [5, 5.41) is 2.91. The van der Waals surface area contributed by atoms with Crippen molar-refractivity contribution >= 4 is 11.8 Å². The highest BCUT2D eigenvalue weighted by molar-refractivity contribution is 5.85. The fourth-order valence-corrected chi connectivity index (χ4v) is 4.52. The number of likely N-dealkylation sites (tertiary alicyclic amines) is 1. The van der Waals surface area contributed by atoms with Gasteiger partial charge in [-0.2, -0.15) is 0 Å². The molecule has 0 saturated carbocycles. The zero-order chi connectivity index (χ0) is 21.8. The molecule has 2 heterocycles. The van der Waals surface area contributed by atoms with Gasteiger partial charge in [0, 0.05) is 26.2 Å². The van der Waals surface area contributed by atoms with Gasteiger partial charge in [0.15, 0.2) is 0 Å². The number of hydrogen-bond acceptors (Lipinski definition) is 3. The van der Waals surface area contributed by atoms with E-state index in [-0.39, 0.29) is 24.2 Å². The predicted molar refractivity (Wildman–Crippen MR) is 118 cm³/mol. The Morgan fingerprint density at radius 1 is 1.03 bits per heavy atom. The molecule has 1 unspecified atom stereocenters. The number of benzene rings is 2. The summed E-state index contributed by atoms with van der Waals surface area (Å²) in [4.78, 5) is 30.2. The van der Waals surface area contributed by atoms with Crippen LogP contribution in [-0.4, -0.2) is 47.8 Å². The van der Waals surface area contributed by atoms with Crippen LogP contribution in [0.3, 0.4) is 0 Å². The lowest BCUT2D eigenvalue weighted by Crippen LogP contribution is -2.50. The Labute approximate surface area is 183 Å². The van der Waals surface area contributed by atoms with E-state index in [0.717, 1.165) is 43.5 Å². The van der Waals surface area contributed by atoms with Crippen molar-refractivity contribution in [2.45, 2.75) is 38.8 Å². The number of halogens is 1. The van der Waals surface area contributed by atoms with Crippen molar-refractivity contribution in [2.24, 2.45) is 5.92 Å². The van der Waals surface area contributed by atoms with Crippen molar-refractivity contribution in [3.05, 3.63) is 71.0 Å². The minimum Gasteiger partial charge on any atom is -0.351 e. The summed E-state index contributed by atoms with van der Waals surface area (Å²) in [6.07, 6.45) is 2.87. The highest BCUT2D eigenvalue weighted by Crippen LogP contribution is 2.32. The molecule has 4 rings (SSSR count). The zero-order valence-corrected chi connectivity index (χ0v) is 18.0. The molecule has 6 heteroatoms. The second-order valence-electron chi connectivity index (χ2n) is 8.73. The first kappa shape index (κ1) is 21.5. The SMILES string of the molecule is CC1CCN(C(=O)C2c3ccccc3CCN2CC(=O)NCc2ccc(F)cc2)CC1. The Morgan fingerprint density at radius 2 is 1.74 bits per heavy atom. The van der Waals surface area contributed by atoms with Crippen LogP contribution in [-0.2, 0) is 22.6 Å². The van der Waals surface area contributed by atoms with E-state index in [1.54, 1.807) is 12.1 Å². The van der Waals surface area contributed by atoms with Gasteiger partial charge in [-0.15, -0.1) is 0 Å². The van der Waals surface area contributed by atoms with E-state index in [4.69, 9.17) is 0 Å². The van der Waals surface area contributed by atoms with Crippen molar-refractivity contribution in [3.8, 4) is 0 Å². The standard InChI is InChI=1S/C25H30FN3O2/c1-18-10-13-28(14-11-18)25(31)24-22-5-3-2-4-20(22)12-15-29(24)17-23(30)27-16-19-6-8-21(26)9-7-19/h2-9,18,24H,10-17H2,1H3,(H,27,30). The summed E-state index contributed by atoms with van der Waals surface area (Å²) >= 11 is 0. The third kappa shape index (κ3) is 5.13. The van der Waals surface area contributed by atoms with Crippen LogP contribution in [0.15, 0.2) is 48.5 Å². The maximum atomic E-state index is 13.5. The van der Waals surface area contributed by atoms with E-state index in [1.165, 1.54) is 17.7 Å². The van der Waals surface area contributed by atoms with Gasteiger partial charge < -0.3 is 10.2 Å². The van der Waals surface area contributed by atoms with Gasteiger partial charge in [0.25, 0.3) is 0 Å². The van der Waals surface area contributed by atoms with Gasteiger partial charge >= 0.3 is 0 Å². The number of nitrogens with zero attached hydrogens (tertiary/aromatic N) is 2. The molecule has 1 N–H and O–H groups in total. The molecule has 2 aromatic rings. The molecule has 0 aromatic heterocycles. The minimum atomic E-state index is -0.421. The van der Waals surface area contributed by atoms with Crippen LogP contribution >= 0.6 is 0 Å². The summed E-state index contributed by atoms with van der Waals surface area (Å²) < 4.78 is 13.1. The van der Waals surface area contributed by atoms with Crippen LogP contribution in [0.25, 0.3) is 0 Å². The number of carbonyl (C=O) groups is 2. The Kier molecular flexibility index (Phi) is 6.66. The van der Waals surface area contributed by atoms with Crippen LogP contribution in [0.5, 0.6) is 0 Å². The van der Waals surface area contributed by atoms with E-state index in [9.17, 15) is 14.0 Å². The summed E-state index contributed by atoms with van der Waals surface area (Å²) in [5.74, 6) is 0.325. The van der Waals surface area contributed by atoms with E-state index >= 15 is 0 Å². The minimum absolute atomic E-state index is 0.102. The number of nitrogens with one attached hydrogen (secondary N) is 1. The molecule has 2 aliphatic rings. The molecule has 0 aliphatic carbocycles. The van der Waals surface area contributed by atoms with Gasteiger partial charge in [-0.05, 0) is 54.0 Å². The van der Waals surface area contributed by atoms with E-state index in [2.05, 4.69) is 18.3 Å². The maximum absolute atomic E-state index is 13.5. The van der Waals surface area contributed by atoms with Gasteiger partial charge in [-0.3, -0.25) is 14.5 Å². The van der Waals surface area contributed by atoms with Crippen LogP contribution in [0.1, 0.15) is 42.5 Å². The smallest absolute Gasteiger partial charge is 0.244 e. The lowest BCUT2D eigenvalue weighted by atomic mass is 9.90. The first-order chi connectivity index (χ1) is 15.0. The second kappa shape index (κ2) is 9.60. The Morgan fingerprint density at radius 3 is 2.48 bits per heavy atom. The van der Waals surface area contributed by atoms with Gasteiger partial charge in [-0.1, -0.05) is 43.3 Å². The number of fused-ring (bicyclic) bond motifs is 1. The Bertz CT molecular complexity index is 923. The molecular formula is C25H30FN3O2.